The minimum absolute atomic E-state index is 0.0152. The summed E-state index contributed by atoms with van der Waals surface area (Å²) in [6.07, 6.45) is -0.620. The number of alkyl carbamates (subject to hydrolysis) is 1. The van der Waals surface area contributed by atoms with Gasteiger partial charge in [0.15, 0.2) is 0 Å². The van der Waals surface area contributed by atoms with Crippen molar-refractivity contribution in [1.82, 2.24) is 5.32 Å². The smallest absolute Gasteiger partial charge is 0.415 e. The van der Waals surface area contributed by atoms with Crippen LogP contribution in [0.1, 0.15) is 24.0 Å². The number of amides is 1. The first kappa shape index (κ1) is 25.6. The summed E-state index contributed by atoms with van der Waals surface area (Å²) in [7, 11) is 1.64. The Bertz CT molecular complexity index is 758. The zero-order valence-corrected chi connectivity index (χ0v) is 19.6. The highest BCUT2D eigenvalue weighted by molar-refractivity contribution is 8.46. The summed E-state index contributed by atoms with van der Waals surface area (Å²) in [5.41, 5.74) is 1.98. The number of cyclic esters (lactones) is 2. The molecular weight excluding hydrogens is 462 g/mol. The highest BCUT2D eigenvalue weighted by atomic mass is 32.2. The van der Waals surface area contributed by atoms with Gasteiger partial charge in [0.1, 0.15) is 16.2 Å². The van der Waals surface area contributed by atoms with Crippen molar-refractivity contribution in [2.45, 2.75) is 31.2 Å². The number of thioether (sulfide) groups is 2. The molecule has 0 spiro atoms. The second-order valence-corrected chi connectivity index (χ2v) is 9.69. The number of carbonyl (C=O) groups is 3. The zero-order chi connectivity index (χ0) is 22.5. The maximum absolute atomic E-state index is 11.8. The molecule has 0 unspecified atom stereocenters. The van der Waals surface area contributed by atoms with Gasteiger partial charge in [-0.15, -0.1) is 23.5 Å². The Morgan fingerprint density at radius 1 is 1.13 bits per heavy atom. The van der Waals surface area contributed by atoms with Crippen LogP contribution in [0.2, 0.25) is 0 Å². The van der Waals surface area contributed by atoms with Crippen LogP contribution in [0.15, 0.2) is 24.3 Å². The number of rotatable bonds is 13. The van der Waals surface area contributed by atoms with Gasteiger partial charge in [-0.2, -0.15) is 0 Å². The quantitative estimate of drug-likeness (QED) is 0.193. The lowest BCUT2D eigenvalue weighted by Gasteiger charge is -2.08. The first-order valence-corrected chi connectivity index (χ1v) is 12.0. The fourth-order valence-electron chi connectivity index (χ4n) is 2.43. The van der Waals surface area contributed by atoms with Gasteiger partial charge < -0.3 is 24.3 Å². The molecule has 1 aliphatic rings. The molecule has 0 aromatic heterocycles. The lowest BCUT2D eigenvalue weighted by molar-refractivity contribution is -0.145. The number of nitrogens with one attached hydrogen (secondary N) is 1. The largest absolute Gasteiger partial charge is 0.461 e. The number of hydrogen-bond donors (Lipinski definition) is 1. The van der Waals surface area contributed by atoms with Crippen LogP contribution in [0.5, 0.6) is 0 Å². The van der Waals surface area contributed by atoms with Crippen LogP contribution in [-0.2, 0) is 40.9 Å². The third-order valence-electron chi connectivity index (χ3n) is 4.07. The van der Waals surface area contributed by atoms with Crippen molar-refractivity contribution in [1.29, 1.82) is 0 Å². The van der Waals surface area contributed by atoms with Crippen LogP contribution in [0.25, 0.3) is 0 Å². The average Bonchev–Trinajstić information content (AvgIpc) is 3.09. The van der Waals surface area contributed by atoms with E-state index in [0.717, 1.165) is 26.2 Å². The fraction of sp³-hybridized carbons (Fsp3) is 0.500. The molecule has 0 aliphatic carbocycles. The van der Waals surface area contributed by atoms with E-state index in [1.165, 1.54) is 0 Å². The van der Waals surface area contributed by atoms with E-state index in [0.29, 0.717) is 19.8 Å². The summed E-state index contributed by atoms with van der Waals surface area (Å²) in [6, 6.07) is 6.96. The summed E-state index contributed by atoms with van der Waals surface area (Å²) in [6.45, 7) is 1.97. The minimum Gasteiger partial charge on any atom is -0.461 e. The van der Waals surface area contributed by atoms with Crippen molar-refractivity contribution in [2.24, 2.45) is 0 Å². The monoisotopic (exact) mass is 487 g/mol. The van der Waals surface area contributed by atoms with E-state index < -0.39 is 24.1 Å². The molecule has 0 radical (unpaired) electrons. The molecule has 0 saturated carbocycles. The molecule has 2 rings (SSSR count). The molecule has 1 heterocycles. The molecular formula is C20H25NO7S3. The summed E-state index contributed by atoms with van der Waals surface area (Å²) in [5, 5.41) is 2.34. The third-order valence-corrected chi connectivity index (χ3v) is 6.80. The second kappa shape index (κ2) is 14.4. The molecule has 1 aromatic rings. The number of methoxy groups -OCH3 is 1. The lowest BCUT2D eigenvalue weighted by atomic mass is 10.1. The maximum atomic E-state index is 11.8. The Labute approximate surface area is 195 Å². The molecule has 11 heteroatoms. The van der Waals surface area contributed by atoms with Crippen LogP contribution < -0.4 is 5.32 Å². The number of carbonyl (C=O) groups excluding carboxylic acids is 3. The predicted molar refractivity (Wildman–Crippen MR) is 123 cm³/mol. The van der Waals surface area contributed by atoms with Crippen LogP contribution in [0.3, 0.4) is 0 Å². The normalized spacial score (nSPS) is 15.5. The van der Waals surface area contributed by atoms with E-state index in [-0.39, 0.29) is 19.4 Å². The highest BCUT2D eigenvalue weighted by Gasteiger charge is 2.32. The Hall–Kier alpha value is -1.66. The summed E-state index contributed by atoms with van der Waals surface area (Å²) < 4.78 is 20.8. The van der Waals surface area contributed by atoms with Gasteiger partial charge in [-0.3, -0.25) is 4.79 Å². The van der Waals surface area contributed by atoms with Crippen LogP contribution in [0, 0.1) is 0 Å². The SMILES string of the molecule is COCCOCCSC(=S)SCc1ccc(COC(=O)CC[C@H]2NC(=O)OC2=O)cc1. The first-order valence-electron chi connectivity index (χ1n) is 9.60. The second-order valence-electron chi connectivity index (χ2n) is 6.41. The number of ether oxygens (including phenoxy) is 4. The van der Waals surface area contributed by atoms with Crippen LogP contribution in [-0.4, -0.2) is 60.3 Å². The number of esters is 2. The van der Waals surface area contributed by atoms with E-state index >= 15 is 0 Å². The van der Waals surface area contributed by atoms with Crippen molar-refractivity contribution in [3.05, 3.63) is 35.4 Å². The van der Waals surface area contributed by atoms with Gasteiger partial charge in [-0.1, -0.05) is 36.5 Å². The van der Waals surface area contributed by atoms with Gasteiger partial charge in [0.25, 0.3) is 0 Å². The van der Waals surface area contributed by atoms with Gasteiger partial charge in [0.2, 0.25) is 0 Å². The Morgan fingerprint density at radius 3 is 2.55 bits per heavy atom. The molecule has 1 aliphatic heterocycles. The molecule has 1 atom stereocenters. The van der Waals surface area contributed by atoms with E-state index in [1.807, 2.05) is 24.3 Å². The third kappa shape index (κ3) is 10.5. The molecule has 170 valence electrons. The van der Waals surface area contributed by atoms with Crippen molar-refractivity contribution in [3.63, 3.8) is 0 Å². The molecule has 1 N–H and O–H groups in total. The topological polar surface area (TPSA) is 100 Å². The number of benzene rings is 1. The summed E-state index contributed by atoms with van der Waals surface area (Å²) in [4.78, 5) is 34.1. The van der Waals surface area contributed by atoms with Crippen molar-refractivity contribution in [2.75, 3.05) is 32.7 Å². The van der Waals surface area contributed by atoms with Crippen LogP contribution >= 0.6 is 35.7 Å². The zero-order valence-electron chi connectivity index (χ0n) is 17.1. The van der Waals surface area contributed by atoms with Gasteiger partial charge in [0.05, 0.1) is 19.8 Å². The van der Waals surface area contributed by atoms with E-state index in [9.17, 15) is 14.4 Å². The summed E-state index contributed by atoms with van der Waals surface area (Å²) >= 11 is 8.57. The summed E-state index contributed by atoms with van der Waals surface area (Å²) in [5.74, 6) is 0.468. The predicted octanol–water partition coefficient (Wildman–Crippen LogP) is 3.06. The molecule has 0 bridgehead atoms. The Morgan fingerprint density at radius 2 is 1.87 bits per heavy atom. The van der Waals surface area contributed by atoms with E-state index in [2.05, 4.69) is 10.1 Å². The molecule has 31 heavy (non-hydrogen) atoms. The molecule has 1 aromatic carbocycles. The minimum atomic E-state index is -0.788. The molecule has 1 fully saturated rings. The number of thiocarbonyl (C=S) groups is 1. The maximum Gasteiger partial charge on any atom is 0.415 e. The van der Waals surface area contributed by atoms with Crippen LogP contribution in [0.4, 0.5) is 4.79 Å². The first-order chi connectivity index (χ1) is 15.0. The standard InChI is InChI=1S/C20H25NO7S3/c1-25-8-9-26-10-11-30-20(29)31-13-15-4-2-14(3-5-15)12-27-17(22)7-6-16-18(23)28-19(24)21-16/h2-5,16H,6-13H2,1H3,(H,21,24)/t16-/m1/s1. The number of hydrogen-bond acceptors (Lipinski definition) is 10. The van der Waals surface area contributed by atoms with Gasteiger partial charge >= 0.3 is 18.0 Å². The molecule has 1 amide bonds. The van der Waals surface area contributed by atoms with Gasteiger partial charge in [-0.05, 0) is 17.5 Å². The van der Waals surface area contributed by atoms with Crippen molar-refractivity contribution >= 4 is 57.3 Å². The van der Waals surface area contributed by atoms with Crippen molar-refractivity contribution in [3.8, 4) is 0 Å². The highest BCUT2D eigenvalue weighted by Crippen LogP contribution is 2.22. The van der Waals surface area contributed by atoms with E-state index in [4.69, 9.17) is 26.4 Å². The molecule has 8 nitrogen and oxygen atoms in total. The Balaban J connectivity index is 1.58. The van der Waals surface area contributed by atoms with Crippen molar-refractivity contribution < 1.29 is 33.3 Å². The lowest BCUT2D eigenvalue weighted by Crippen LogP contribution is -2.29. The molecule has 1 saturated heterocycles. The van der Waals surface area contributed by atoms with Gasteiger partial charge in [-0.25, -0.2) is 9.59 Å². The average molecular weight is 488 g/mol. The van der Waals surface area contributed by atoms with E-state index in [1.54, 1.807) is 30.6 Å². The Kier molecular flexibility index (Phi) is 11.9. The van der Waals surface area contributed by atoms with Gasteiger partial charge in [0, 0.05) is 25.0 Å². The fourth-order valence-corrected chi connectivity index (χ4v) is 4.46.